The average molecular weight is 274 g/mol. The summed E-state index contributed by atoms with van der Waals surface area (Å²) >= 11 is 0. The number of rotatable bonds is 4. The molecule has 4 heteroatoms. The standard InChI is InChI=1S/C16H18O4/c1-10(2)4-6-12-8-15(18)13(9-14(12)17)7-5-11(3)16(19)20/h8-9,11,17-18H,1,5,7H2,2-3H3,(H,19,20)/t11-/m0/s1. The van der Waals surface area contributed by atoms with Crippen LogP contribution in [0.1, 0.15) is 31.4 Å². The van der Waals surface area contributed by atoms with Gasteiger partial charge in [0.15, 0.2) is 0 Å². The van der Waals surface area contributed by atoms with Crippen LogP contribution in [0.15, 0.2) is 24.3 Å². The van der Waals surface area contributed by atoms with Crippen molar-refractivity contribution in [3.05, 3.63) is 35.4 Å². The Balaban J connectivity index is 2.92. The normalized spacial score (nSPS) is 11.3. The van der Waals surface area contributed by atoms with E-state index in [2.05, 4.69) is 18.4 Å². The van der Waals surface area contributed by atoms with Gasteiger partial charge in [-0.2, -0.15) is 0 Å². The molecule has 0 aromatic heterocycles. The number of carbonyl (C=O) groups is 1. The summed E-state index contributed by atoms with van der Waals surface area (Å²) in [7, 11) is 0. The van der Waals surface area contributed by atoms with Crippen molar-refractivity contribution in [2.75, 3.05) is 0 Å². The third kappa shape index (κ3) is 4.36. The van der Waals surface area contributed by atoms with Crippen LogP contribution in [0.25, 0.3) is 0 Å². The van der Waals surface area contributed by atoms with Gasteiger partial charge in [-0.05, 0) is 43.0 Å². The van der Waals surface area contributed by atoms with Gasteiger partial charge in [0.05, 0.1) is 11.5 Å². The summed E-state index contributed by atoms with van der Waals surface area (Å²) < 4.78 is 0. The van der Waals surface area contributed by atoms with Gasteiger partial charge in [0, 0.05) is 0 Å². The van der Waals surface area contributed by atoms with E-state index in [0.29, 0.717) is 29.5 Å². The average Bonchev–Trinajstić information content (AvgIpc) is 2.36. The molecule has 0 fully saturated rings. The largest absolute Gasteiger partial charge is 0.508 e. The number of carboxylic acids is 1. The van der Waals surface area contributed by atoms with Crippen LogP contribution in [0.4, 0.5) is 0 Å². The number of benzene rings is 1. The van der Waals surface area contributed by atoms with Gasteiger partial charge in [0.25, 0.3) is 0 Å². The van der Waals surface area contributed by atoms with Crippen LogP contribution in [0.5, 0.6) is 11.5 Å². The highest BCUT2D eigenvalue weighted by Gasteiger charge is 2.13. The van der Waals surface area contributed by atoms with E-state index in [1.54, 1.807) is 13.8 Å². The number of aromatic hydroxyl groups is 2. The van der Waals surface area contributed by atoms with Crippen molar-refractivity contribution in [3.63, 3.8) is 0 Å². The zero-order valence-electron chi connectivity index (χ0n) is 11.6. The van der Waals surface area contributed by atoms with Crippen molar-refractivity contribution in [2.45, 2.75) is 26.7 Å². The molecule has 4 nitrogen and oxygen atoms in total. The van der Waals surface area contributed by atoms with Gasteiger partial charge in [-0.15, -0.1) is 0 Å². The van der Waals surface area contributed by atoms with E-state index >= 15 is 0 Å². The van der Waals surface area contributed by atoms with Gasteiger partial charge in [0.2, 0.25) is 0 Å². The van der Waals surface area contributed by atoms with Crippen LogP contribution >= 0.6 is 0 Å². The number of aryl methyl sites for hydroxylation is 1. The molecule has 3 N–H and O–H groups in total. The predicted molar refractivity (Wildman–Crippen MR) is 76.6 cm³/mol. The molecule has 0 heterocycles. The molecule has 0 aliphatic carbocycles. The van der Waals surface area contributed by atoms with Crippen molar-refractivity contribution >= 4 is 5.97 Å². The van der Waals surface area contributed by atoms with Crippen molar-refractivity contribution in [3.8, 4) is 23.3 Å². The molecule has 0 amide bonds. The number of allylic oxidation sites excluding steroid dienone is 1. The van der Waals surface area contributed by atoms with Gasteiger partial charge >= 0.3 is 5.97 Å². The second-order valence-corrected chi connectivity index (χ2v) is 4.81. The smallest absolute Gasteiger partial charge is 0.306 e. The minimum atomic E-state index is -0.877. The molecule has 1 aromatic carbocycles. The molecule has 0 saturated carbocycles. The maximum absolute atomic E-state index is 10.7. The van der Waals surface area contributed by atoms with Crippen LogP contribution < -0.4 is 0 Å². The van der Waals surface area contributed by atoms with Gasteiger partial charge in [-0.3, -0.25) is 4.79 Å². The first-order chi connectivity index (χ1) is 9.31. The number of aliphatic carboxylic acids is 1. The number of hydrogen-bond donors (Lipinski definition) is 3. The Morgan fingerprint density at radius 3 is 2.55 bits per heavy atom. The first-order valence-corrected chi connectivity index (χ1v) is 6.26. The van der Waals surface area contributed by atoms with E-state index in [9.17, 15) is 15.0 Å². The maximum atomic E-state index is 10.7. The van der Waals surface area contributed by atoms with Crippen molar-refractivity contribution in [1.29, 1.82) is 0 Å². The molecule has 106 valence electrons. The summed E-state index contributed by atoms with van der Waals surface area (Å²) in [6.45, 7) is 6.98. The highest BCUT2D eigenvalue weighted by molar-refractivity contribution is 5.69. The molecule has 1 aromatic rings. The predicted octanol–water partition coefficient (Wildman–Crippen LogP) is 2.68. The van der Waals surface area contributed by atoms with Crippen LogP contribution in [0.3, 0.4) is 0 Å². The first kappa shape index (κ1) is 15.6. The Morgan fingerprint density at radius 2 is 2.00 bits per heavy atom. The zero-order chi connectivity index (χ0) is 15.3. The van der Waals surface area contributed by atoms with Gasteiger partial charge in [0.1, 0.15) is 11.5 Å². The van der Waals surface area contributed by atoms with Crippen LogP contribution in [-0.4, -0.2) is 21.3 Å². The second kappa shape index (κ2) is 6.67. The lowest BCUT2D eigenvalue weighted by Gasteiger charge is -2.09. The first-order valence-electron chi connectivity index (χ1n) is 6.26. The summed E-state index contributed by atoms with van der Waals surface area (Å²) in [5.41, 5.74) is 1.49. The van der Waals surface area contributed by atoms with Crippen molar-refractivity contribution in [1.82, 2.24) is 0 Å². The van der Waals surface area contributed by atoms with Crippen LogP contribution in [-0.2, 0) is 11.2 Å². The Hall–Kier alpha value is -2.41. The molecule has 0 bridgehead atoms. The van der Waals surface area contributed by atoms with Gasteiger partial charge in [-0.25, -0.2) is 0 Å². The zero-order valence-corrected chi connectivity index (χ0v) is 11.6. The van der Waals surface area contributed by atoms with E-state index in [0.717, 1.165) is 0 Å². The van der Waals surface area contributed by atoms with E-state index in [1.165, 1.54) is 12.1 Å². The van der Waals surface area contributed by atoms with E-state index in [-0.39, 0.29) is 11.5 Å². The Morgan fingerprint density at radius 1 is 1.35 bits per heavy atom. The second-order valence-electron chi connectivity index (χ2n) is 4.81. The summed E-state index contributed by atoms with van der Waals surface area (Å²) in [6, 6.07) is 2.80. The minimum Gasteiger partial charge on any atom is -0.508 e. The van der Waals surface area contributed by atoms with Gasteiger partial charge in [-0.1, -0.05) is 25.3 Å². The molecule has 1 atom stereocenters. The highest BCUT2D eigenvalue weighted by atomic mass is 16.4. The Bertz CT molecular complexity index is 590. The highest BCUT2D eigenvalue weighted by Crippen LogP contribution is 2.28. The maximum Gasteiger partial charge on any atom is 0.306 e. The Kier molecular flexibility index (Phi) is 5.22. The minimum absolute atomic E-state index is 0.00593. The molecule has 20 heavy (non-hydrogen) atoms. The number of hydrogen-bond acceptors (Lipinski definition) is 3. The topological polar surface area (TPSA) is 77.8 Å². The SMILES string of the molecule is C=C(C)C#Cc1cc(O)c(CC[C@H](C)C(=O)O)cc1O. The molecule has 1 rings (SSSR count). The Labute approximate surface area is 118 Å². The third-order valence-corrected chi connectivity index (χ3v) is 2.88. The third-order valence-electron chi connectivity index (χ3n) is 2.88. The lowest BCUT2D eigenvalue weighted by Crippen LogP contribution is -2.10. The molecule has 0 saturated heterocycles. The monoisotopic (exact) mass is 274 g/mol. The molecule has 0 aliphatic rings. The van der Waals surface area contributed by atoms with E-state index in [4.69, 9.17) is 5.11 Å². The van der Waals surface area contributed by atoms with E-state index in [1.807, 2.05) is 0 Å². The number of phenols is 2. The van der Waals surface area contributed by atoms with Gasteiger partial charge < -0.3 is 15.3 Å². The number of carboxylic acid groups (broad SMARTS) is 1. The fourth-order valence-electron chi connectivity index (χ4n) is 1.59. The van der Waals surface area contributed by atoms with E-state index < -0.39 is 11.9 Å². The van der Waals surface area contributed by atoms with Crippen molar-refractivity contribution in [2.24, 2.45) is 5.92 Å². The quantitative estimate of drug-likeness (QED) is 0.582. The lowest BCUT2D eigenvalue weighted by molar-refractivity contribution is -0.141. The molecule has 0 radical (unpaired) electrons. The fourth-order valence-corrected chi connectivity index (χ4v) is 1.59. The van der Waals surface area contributed by atoms with Crippen LogP contribution in [0, 0.1) is 17.8 Å². The van der Waals surface area contributed by atoms with Crippen molar-refractivity contribution < 1.29 is 20.1 Å². The number of phenolic OH excluding ortho intramolecular Hbond substituents is 2. The summed E-state index contributed by atoms with van der Waals surface area (Å²) in [4.78, 5) is 10.7. The molecule has 0 spiro atoms. The molecule has 0 aliphatic heterocycles. The fraction of sp³-hybridized carbons (Fsp3) is 0.312. The molecular formula is C16H18O4. The molecule has 0 unspecified atom stereocenters. The summed E-state index contributed by atoms with van der Waals surface area (Å²) in [5, 5.41) is 28.5. The lowest BCUT2D eigenvalue weighted by atomic mass is 9.99. The molecular weight excluding hydrogens is 256 g/mol. The summed E-state index contributed by atoms with van der Waals surface area (Å²) in [6.07, 6.45) is 0.764. The van der Waals surface area contributed by atoms with Crippen LogP contribution in [0.2, 0.25) is 0 Å². The summed E-state index contributed by atoms with van der Waals surface area (Å²) in [5.74, 6) is 4.03.